The molecule has 6 rings (SSSR count). The van der Waals surface area contributed by atoms with Crippen LogP contribution in [0, 0.1) is 5.82 Å². The third-order valence-electron chi connectivity index (χ3n) is 7.52. The number of carbonyl (C=O) groups is 1. The van der Waals surface area contributed by atoms with Gasteiger partial charge in [-0.3, -0.25) is 4.79 Å². The van der Waals surface area contributed by atoms with E-state index in [0.717, 1.165) is 34.9 Å². The standard InChI is InChI=1S/C32H27FN2O3S/c33-27-10-6-9-26(21-27)23-17-19-34(20-18-23)32(36)25-13-15-28(16-14-25)39(37,38)35-22-30(24-7-2-1-3-8-24)29-11-4-5-12-31(29)35/h1-16,21-23H,17-20H2. The van der Waals surface area contributed by atoms with Crippen molar-refractivity contribution in [3.63, 3.8) is 0 Å². The first kappa shape index (κ1) is 25.1. The van der Waals surface area contributed by atoms with Gasteiger partial charge < -0.3 is 4.90 Å². The second kappa shape index (κ2) is 10.2. The van der Waals surface area contributed by atoms with Gasteiger partial charge >= 0.3 is 0 Å². The van der Waals surface area contributed by atoms with Crippen LogP contribution in [0.25, 0.3) is 22.0 Å². The number of piperidine rings is 1. The van der Waals surface area contributed by atoms with Crippen molar-refractivity contribution in [2.45, 2.75) is 23.7 Å². The van der Waals surface area contributed by atoms with Gasteiger partial charge in [-0.2, -0.15) is 0 Å². The number of rotatable bonds is 5. The van der Waals surface area contributed by atoms with Crippen molar-refractivity contribution in [3.05, 3.63) is 126 Å². The van der Waals surface area contributed by atoms with E-state index < -0.39 is 10.0 Å². The maximum atomic E-state index is 13.7. The van der Waals surface area contributed by atoms with Gasteiger partial charge in [0.05, 0.1) is 10.4 Å². The summed E-state index contributed by atoms with van der Waals surface area (Å²) in [7, 11) is -3.90. The number of nitrogens with zero attached hydrogens (tertiary/aromatic N) is 2. The van der Waals surface area contributed by atoms with E-state index in [1.54, 1.807) is 41.4 Å². The molecule has 4 aromatic carbocycles. The summed E-state index contributed by atoms with van der Waals surface area (Å²) in [6.45, 7) is 1.13. The van der Waals surface area contributed by atoms with Crippen LogP contribution in [0.3, 0.4) is 0 Å². The number of likely N-dealkylation sites (tertiary alicyclic amines) is 1. The molecule has 0 spiro atoms. The molecule has 0 saturated carbocycles. The normalized spacial score (nSPS) is 14.5. The van der Waals surface area contributed by atoms with E-state index in [9.17, 15) is 17.6 Å². The molecule has 1 amide bonds. The van der Waals surface area contributed by atoms with E-state index in [-0.39, 0.29) is 22.5 Å². The van der Waals surface area contributed by atoms with E-state index in [0.29, 0.717) is 24.2 Å². The third-order valence-corrected chi connectivity index (χ3v) is 9.21. The van der Waals surface area contributed by atoms with Crippen LogP contribution in [0.2, 0.25) is 0 Å². The van der Waals surface area contributed by atoms with Crippen molar-refractivity contribution >= 4 is 26.8 Å². The zero-order chi connectivity index (χ0) is 27.0. The first-order valence-corrected chi connectivity index (χ1v) is 14.4. The van der Waals surface area contributed by atoms with Gasteiger partial charge in [0.25, 0.3) is 15.9 Å². The Morgan fingerprint density at radius 2 is 1.49 bits per heavy atom. The maximum absolute atomic E-state index is 13.7. The molecule has 1 aliphatic rings. The summed E-state index contributed by atoms with van der Waals surface area (Å²) < 4.78 is 42.4. The van der Waals surface area contributed by atoms with Gasteiger partial charge in [0, 0.05) is 35.8 Å². The maximum Gasteiger partial charge on any atom is 0.268 e. The highest BCUT2D eigenvalue weighted by Gasteiger charge is 2.26. The molecule has 0 bridgehead atoms. The molecule has 0 N–H and O–H groups in total. The Labute approximate surface area is 227 Å². The Morgan fingerprint density at radius 1 is 0.795 bits per heavy atom. The van der Waals surface area contributed by atoms with Crippen LogP contribution in [0.1, 0.15) is 34.7 Å². The van der Waals surface area contributed by atoms with Crippen LogP contribution in [-0.2, 0) is 10.0 Å². The lowest BCUT2D eigenvalue weighted by molar-refractivity contribution is 0.0713. The molecule has 196 valence electrons. The van der Waals surface area contributed by atoms with Crippen molar-refractivity contribution in [2.75, 3.05) is 13.1 Å². The minimum absolute atomic E-state index is 0.115. The van der Waals surface area contributed by atoms with Gasteiger partial charge in [0.1, 0.15) is 5.82 Å². The van der Waals surface area contributed by atoms with Crippen molar-refractivity contribution in [1.82, 2.24) is 8.87 Å². The zero-order valence-corrected chi connectivity index (χ0v) is 22.0. The van der Waals surface area contributed by atoms with Gasteiger partial charge in [-0.15, -0.1) is 0 Å². The molecule has 2 heterocycles. The summed E-state index contributed by atoms with van der Waals surface area (Å²) >= 11 is 0. The monoisotopic (exact) mass is 538 g/mol. The van der Waals surface area contributed by atoms with Crippen molar-refractivity contribution in [2.24, 2.45) is 0 Å². The van der Waals surface area contributed by atoms with Crippen LogP contribution in [-0.4, -0.2) is 36.3 Å². The molecule has 5 nitrogen and oxygen atoms in total. The number of aromatic nitrogens is 1. The molecule has 1 aliphatic heterocycles. The minimum Gasteiger partial charge on any atom is -0.339 e. The van der Waals surface area contributed by atoms with Crippen molar-refractivity contribution in [3.8, 4) is 11.1 Å². The number of para-hydroxylation sites is 1. The smallest absolute Gasteiger partial charge is 0.268 e. The van der Waals surface area contributed by atoms with Crippen molar-refractivity contribution < 1.29 is 17.6 Å². The topological polar surface area (TPSA) is 59.4 Å². The average Bonchev–Trinajstić information content (AvgIpc) is 3.38. The summed E-state index contributed by atoms with van der Waals surface area (Å²) in [6.07, 6.45) is 3.18. The van der Waals surface area contributed by atoms with Gasteiger partial charge in [-0.05, 0) is 72.4 Å². The largest absolute Gasteiger partial charge is 0.339 e. The molecule has 0 radical (unpaired) electrons. The third kappa shape index (κ3) is 4.74. The van der Waals surface area contributed by atoms with E-state index in [1.165, 1.54) is 22.2 Å². The fourth-order valence-corrected chi connectivity index (χ4v) is 6.81. The summed E-state index contributed by atoms with van der Waals surface area (Å²) in [4.78, 5) is 15.1. The second-order valence-electron chi connectivity index (χ2n) is 9.87. The van der Waals surface area contributed by atoms with Gasteiger partial charge in [0.2, 0.25) is 0 Å². The van der Waals surface area contributed by atoms with Crippen molar-refractivity contribution in [1.29, 1.82) is 0 Å². The number of hydrogen-bond donors (Lipinski definition) is 0. The summed E-state index contributed by atoms with van der Waals surface area (Å²) in [5.41, 5.74) is 3.77. The molecule has 0 atom stereocenters. The summed E-state index contributed by atoms with van der Waals surface area (Å²) in [5.74, 6) is -0.158. The zero-order valence-electron chi connectivity index (χ0n) is 21.2. The molecule has 0 unspecified atom stereocenters. The molecular weight excluding hydrogens is 511 g/mol. The number of hydrogen-bond acceptors (Lipinski definition) is 3. The quantitative estimate of drug-likeness (QED) is 0.250. The number of halogens is 1. The van der Waals surface area contributed by atoms with Gasteiger partial charge in [-0.1, -0.05) is 60.7 Å². The van der Waals surface area contributed by atoms with Crippen LogP contribution in [0.15, 0.2) is 114 Å². The Morgan fingerprint density at radius 3 is 2.21 bits per heavy atom. The van der Waals surface area contributed by atoms with Gasteiger partial charge in [0.15, 0.2) is 0 Å². The van der Waals surface area contributed by atoms with E-state index in [1.807, 2.05) is 54.6 Å². The lowest BCUT2D eigenvalue weighted by Gasteiger charge is -2.32. The molecule has 1 aromatic heterocycles. The van der Waals surface area contributed by atoms with Crippen LogP contribution in [0.4, 0.5) is 4.39 Å². The number of benzene rings is 4. The molecular formula is C32H27FN2O3S. The van der Waals surface area contributed by atoms with Crippen LogP contribution < -0.4 is 0 Å². The Balaban J connectivity index is 1.23. The fraction of sp³-hybridized carbons (Fsp3) is 0.156. The Kier molecular flexibility index (Phi) is 6.53. The molecule has 7 heteroatoms. The highest BCUT2D eigenvalue weighted by molar-refractivity contribution is 7.90. The summed E-state index contributed by atoms with van der Waals surface area (Å²) in [6, 6.07) is 29.9. The van der Waals surface area contributed by atoms with Gasteiger partial charge in [-0.25, -0.2) is 16.8 Å². The average molecular weight is 539 g/mol. The predicted octanol–water partition coefficient (Wildman–Crippen LogP) is 6.70. The highest BCUT2D eigenvalue weighted by Crippen LogP contribution is 2.33. The lowest BCUT2D eigenvalue weighted by atomic mass is 9.89. The first-order valence-electron chi connectivity index (χ1n) is 13.0. The number of amides is 1. The van der Waals surface area contributed by atoms with E-state index >= 15 is 0 Å². The molecule has 1 fully saturated rings. The van der Waals surface area contributed by atoms with E-state index in [4.69, 9.17) is 0 Å². The molecule has 39 heavy (non-hydrogen) atoms. The Hall–Kier alpha value is -4.23. The SMILES string of the molecule is O=C(c1ccc(S(=O)(=O)n2cc(-c3ccccc3)c3ccccc32)cc1)N1CCC(c2cccc(F)c2)CC1. The van der Waals surface area contributed by atoms with Crippen LogP contribution >= 0.6 is 0 Å². The lowest BCUT2D eigenvalue weighted by Crippen LogP contribution is -2.37. The Bertz CT molecular complexity index is 1750. The fourth-order valence-electron chi connectivity index (χ4n) is 5.44. The highest BCUT2D eigenvalue weighted by atomic mass is 32.2. The molecule has 0 aliphatic carbocycles. The molecule has 1 saturated heterocycles. The second-order valence-corrected chi connectivity index (χ2v) is 11.7. The summed E-state index contributed by atoms with van der Waals surface area (Å²) in [5, 5.41) is 0.848. The molecule has 5 aromatic rings. The number of carbonyl (C=O) groups excluding carboxylic acids is 1. The first-order chi connectivity index (χ1) is 18.9. The number of fused-ring (bicyclic) bond motifs is 1. The van der Waals surface area contributed by atoms with Crippen LogP contribution in [0.5, 0.6) is 0 Å². The predicted molar refractivity (Wildman–Crippen MR) is 151 cm³/mol. The van der Waals surface area contributed by atoms with E-state index in [2.05, 4.69) is 0 Å². The minimum atomic E-state index is -3.90.